The number of rotatable bonds is 6. The number of benzene rings is 2. The summed E-state index contributed by atoms with van der Waals surface area (Å²) in [6.45, 7) is 8.32. The van der Waals surface area contributed by atoms with E-state index in [1.165, 1.54) is 5.56 Å². The number of nitrogens with one attached hydrogen (secondary N) is 1. The van der Waals surface area contributed by atoms with Gasteiger partial charge in [-0.05, 0) is 56.5 Å². The number of aryl methyl sites for hydroxylation is 3. The van der Waals surface area contributed by atoms with E-state index in [1.54, 1.807) is 11.6 Å². The summed E-state index contributed by atoms with van der Waals surface area (Å²) in [7, 11) is 0. The molecule has 0 spiro atoms. The molecule has 1 heterocycles. The van der Waals surface area contributed by atoms with Crippen molar-refractivity contribution < 1.29 is 9.53 Å². The maximum Gasteiger partial charge on any atom is 0.266 e. The Morgan fingerprint density at radius 1 is 1.07 bits per heavy atom. The van der Waals surface area contributed by atoms with Gasteiger partial charge < -0.3 is 10.1 Å². The largest absolute Gasteiger partial charge is 0.481 e. The molecule has 0 saturated heterocycles. The molecule has 0 bridgehead atoms. The van der Waals surface area contributed by atoms with Crippen molar-refractivity contribution >= 4 is 11.7 Å². The molecule has 140 valence electrons. The van der Waals surface area contributed by atoms with Crippen LogP contribution in [0.3, 0.4) is 0 Å². The first kappa shape index (κ1) is 18.7. The van der Waals surface area contributed by atoms with E-state index in [1.807, 2.05) is 75.4 Å². The molecule has 3 aromatic rings. The highest BCUT2D eigenvalue weighted by molar-refractivity contribution is 5.93. The lowest BCUT2D eigenvalue weighted by molar-refractivity contribution is -0.122. The summed E-state index contributed by atoms with van der Waals surface area (Å²) >= 11 is 0. The van der Waals surface area contributed by atoms with Crippen LogP contribution in [-0.2, 0) is 11.3 Å². The van der Waals surface area contributed by atoms with Crippen molar-refractivity contribution in [2.75, 3.05) is 5.32 Å². The molecule has 2 aromatic carbocycles. The molecular formula is C22H25N3O2. The topological polar surface area (TPSA) is 56.1 Å². The Labute approximate surface area is 160 Å². The van der Waals surface area contributed by atoms with Gasteiger partial charge in [0.05, 0.1) is 12.2 Å². The van der Waals surface area contributed by atoms with Crippen LogP contribution in [0, 0.1) is 20.8 Å². The standard InChI is InChI=1S/C22H25N3O2/c1-15-10-11-20(12-16(15)2)27-18(4)22(26)23-21-13-17(3)24-25(21)14-19-8-6-5-7-9-19/h5-13,18H,14H2,1-4H3,(H,23,26). The van der Waals surface area contributed by atoms with Crippen molar-refractivity contribution in [3.05, 3.63) is 77.0 Å². The third kappa shape index (κ3) is 4.76. The van der Waals surface area contributed by atoms with Crippen LogP contribution < -0.4 is 10.1 Å². The highest BCUT2D eigenvalue weighted by Gasteiger charge is 2.18. The minimum atomic E-state index is -0.618. The summed E-state index contributed by atoms with van der Waals surface area (Å²) < 4.78 is 7.60. The minimum absolute atomic E-state index is 0.206. The fourth-order valence-corrected chi connectivity index (χ4v) is 2.80. The minimum Gasteiger partial charge on any atom is -0.481 e. The Bertz CT molecular complexity index is 932. The molecule has 0 aliphatic rings. The van der Waals surface area contributed by atoms with Crippen LogP contribution in [-0.4, -0.2) is 21.8 Å². The average Bonchev–Trinajstić information content (AvgIpc) is 2.98. The van der Waals surface area contributed by atoms with Crippen molar-refractivity contribution in [1.29, 1.82) is 0 Å². The molecule has 0 aliphatic carbocycles. The smallest absolute Gasteiger partial charge is 0.266 e. The summed E-state index contributed by atoms with van der Waals surface area (Å²) in [6.07, 6.45) is -0.618. The molecular weight excluding hydrogens is 338 g/mol. The Balaban J connectivity index is 1.69. The predicted molar refractivity (Wildman–Crippen MR) is 107 cm³/mol. The molecule has 1 atom stereocenters. The second-order valence-corrected chi connectivity index (χ2v) is 6.81. The van der Waals surface area contributed by atoms with Crippen LogP contribution in [0.4, 0.5) is 5.82 Å². The first-order valence-electron chi connectivity index (χ1n) is 9.05. The number of hydrogen-bond donors (Lipinski definition) is 1. The molecule has 0 aliphatic heterocycles. The van der Waals surface area contributed by atoms with Crippen molar-refractivity contribution in [3.8, 4) is 5.75 Å². The maximum absolute atomic E-state index is 12.6. The van der Waals surface area contributed by atoms with Crippen LogP contribution in [0.1, 0.15) is 29.3 Å². The van der Waals surface area contributed by atoms with E-state index in [2.05, 4.69) is 10.4 Å². The molecule has 0 radical (unpaired) electrons. The number of nitrogens with zero attached hydrogens (tertiary/aromatic N) is 2. The summed E-state index contributed by atoms with van der Waals surface area (Å²) in [5.74, 6) is 1.15. The second kappa shape index (κ2) is 8.08. The zero-order valence-electron chi connectivity index (χ0n) is 16.2. The van der Waals surface area contributed by atoms with Crippen LogP contribution in [0.5, 0.6) is 5.75 Å². The lowest BCUT2D eigenvalue weighted by Gasteiger charge is -2.16. The number of carbonyl (C=O) groups is 1. The Morgan fingerprint density at radius 3 is 2.52 bits per heavy atom. The highest BCUT2D eigenvalue weighted by Crippen LogP contribution is 2.19. The van der Waals surface area contributed by atoms with Crippen LogP contribution in [0.2, 0.25) is 0 Å². The molecule has 1 amide bonds. The van der Waals surface area contributed by atoms with E-state index in [0.29, 0.717) is 18.1 Å². The summed E-state index contributed by atoms with van der Waals surface area (Å²) in [5, 5.41) is 7.42. The van der Waals surface area contributed by atoms with E-state index >= 15 is 0 Å². The van der Waals surface area contributed by atoms with Crippen molar-refractivity contribution in [2.45, 2.75) is 40.3 Å². The number of aromatic nitrogens is 2. The monoisotopic (exact) mass is 363 g/mol. The zero-order chi connectivity index (χ0) is 19.4. The van der Waals surface area contributed by atoms with Gasteiger partial charge in [0.15, 0.2) is 6.10 Å². The third-order valence-electron chi connectivity index (χ3n) is 4.49. The third-order valence-corrected chi connectivity index (χ3v) is 4.49. The summed E-state index contributed by atoms with van der Waals surface area (Å²) in [6, 6.07) is 17.7. The molecule has 5 nitrogen and oxygen atoms in total. The van der Waals surface area contributed by atoms with E-state index in [-0.39, 0.29) is 5.91 Å². The van der Waals surface area contributed by atoms with Gasteiger partial charge in [0.2, 0.25) is 0 Å². The average molecular weight is 363 g/mol. The first-order valence-corrected chi connectivity index (χ1v) is 9.05. The Morgan fingerprint density at radius 2 is 1.81 bits per heavy atom. The van der Waals surface area contributed by atoms with Gasteiger partial charge in [0.25, 0.3) is 5.91 Å². The SMILES string of the molecule is Cc1cc(NC(=O)C(C)Oc2ccc(C)c(C)c2)n(Cc2ccccc2)n1. The fourth-order valence-electron chi connectivity index (χ4n) is 2.80. The first-order chi connectivity index (χ1) is 12.9. The van der Waals surface area contributed by atoms with E-state index in [0.717, 1.165) is 16.8 Å². The molecule has 5 heteroatoms. The molecule has 1 unspecified atom stereocenters. The van der Waals surface area contributed by atoms with Crippen molar-refractivity contribution in [3.63, 3.8) is 0 Å². The van der Waals surface area contributed by atoms with Gasteiger partial charge in [-0.1, -0.05) is 36.4 Å². The van der Waals surface area contributed by atoms with Gasteiger partial charge >= 0.3 is 0 Å². The summed E-state index contributed by atoms with van der Waals surface area (Å²) in [4.78, 5) is 12.6. The van der Waals surface area contributed by atoms with E-state index < -0.39 is 6.10 Å². The zero-order valence-corrected chi connectivity index (χ0v) is 16.2. The lowest BCUT2D eigenvalue weighted by Crippen LogP contribution is -2.31. The van der Waals surface area contributed by atoms with Gasteiger partial charge in [-0.15, -0.1) is 0 Å². The van der Waals surface area contributed by atoms with Crippen LogP contribution >= 0.6 is 0 Å². The molecule has 3 rings (SSSR count). The Kier molecular flexibility index (Phi) is 5.60. The summed E-state index contributed by atoms with van der Waals surface area (Å²) in [5.41, 5.74) is 4.30. The molecule has 1 aromatic heterocycles. The van der Waals surface area contributed by atoms with Gasteiger partial charge in [0, 0.05) is 6.07 Å². The Hall–Kier alpha value is -3.08. The maximum atomic E-state index is 12.6. The lowest BCUT2D eigenvalue weighted by atomic mass is 10.1. The second-order valence-electron chi connectivity index (χ2n) is 6.81. The predicted octanol–water partition coefficient (Wildman–Crippen LogP) is 4.26. The molecule has 27 heavy (non-hydrogen) atoms. The van der Waals surface area contributed by atoms with Gasteiger partial charge in [-0.25, -0.2) is 4.68 Å². The van der Waals surface area contributed by atoms with Gasteiger partial charge in [0.1, 0.15) is 11.6 Å². The van der Waals surface area contributed by atoms with Gasteiger partial charge in [-0.2, -0.15) is 5.10 Å². The van der Waals surface area contributed by atoms with E-state index in [9.17, 15) is 4.79 Å². The number of hydrogen-bond acceptors (Lipinski definition) is 3. The quantitative estimate of drug-likeness (QED) is 0.712. The van der Waals surface area contributed by atoms with Crippen molar-refractivity contribution in [1.82, 2.24) is 9.78 Å². The van der Waals surface area contributed by atoms with Crippen LogP contribution in [0.25, 0.3) is 0 Å². The number of amides is 1. The fraction of sp³-hybridized carbons (Fsp3) is 0.273. The number of anilines is 1. The molecule has 1 N–H and O–H groups in total. The van der Waals surface area contributed by atoms with E-state index in [4.69, 9.17) is 4.74 Å². The number of carbonyl (C=O) groups excluding carboxylic acids is 1. The van der Waals surface area contributed by atoms with Gasteiger partial charge in [-0.3, -0.25) is 4.79 Å². The van der Waals surface area contributed by atoms with Crippen molar-refractivity contribution in [2.24, 2.45) is 0 Å². The normalized spacial score (nSPS) is 11.9. The molecule has 0 fully saturated rings. The number of ether oxygens (including phenoxy) is 1. The van der Waals surface area contributed by atoms with Crippen LogP contribution in [0.15, 0.2) is 54.6 Å². The molecule has 0 saturated carbocycles. The highest BCUT2D eigenvalue weighted by atomic mass is 16.5.